The summed E-state index contributed by atoms with van der Waals surface area (Å²) in [5.41, 5.74) is 14.9. The number of benzene rings is 7. The molecule has 5 aliphatic rings. The number of rotatable bonds is 5. The van der Waals surface area contributed by atoms with Crippen molar-refractivity contribution < 1.29 is 0 Å². The summed E-state index contributed by atoms with van der Waals surface area (Å²) in [6, 6.07) is 61.3. The van der Waals surface area contributed by atoms with Crippen LogP contribution in [0.3, 0.4) is 0 Å². The summed E-state index contributed by atoms with van der Waals surface area (Å²) in [6.07, 6.45) is 7.12. The van der Waals surface area contributed by atoms with Crippen LogP contribution in [0.1, 0.15) is 43.2 Å². The van der Waals surface area contributed by atoms with Crippen molar-refractivity contribution in [3.8, 4) is 33.4 Å². The van der Waals surface area contributed by atoms with Gasteiger partial charge in [-0.1, -0.05) is 127 Å². The van der Waals surface area contributed by atoms with E-state index in [2.05, 4.69) is 169 Å². The first-order valence-corrected chi connectivity index (χ1v) is 19.0. The van der Waals surface area contributed by atoms with Crippen LogP contribution in [0, 0.1) is 23.7 Å². The predicted molar refractivity (Wildman–Crippen MR) is 213 cm³/mol. The minimum atomic E-state index is 0.184. The fourth-order valence-corrected chi connectivity index (χ4v) is 11.3. The van der Waals surface area contributed by atoms with Crippen LogP contribution in [0.4, 0.5) is 17.1 Å². The zero-order valence-corrected chi connectivity index (χ0v) is 28.9. The number of hydrogen-bond acceptors (Lipinski definition) is 1. The third kappa shape index (κ3) is 4.47. The molecule has 12 rings (SSSR count). The zero-order chi connectivity index (χ0) is 33.5. The van der Waals surface area contributed by atoms with Gasteiger partial charge in [0.15, 0.2) is 0 Å². The van der Waals surface area contributed by atoms with Gasteiger partial charge in [-0.2, -0.15) is 0 Å². The maximum absolute atomic E-state index is 2.55. The van der Waals surface area contributed by atoms with Crippen molar-refractivity contribution in [1.82, 2.24) is 0 Å². The van der Waals surface area contributed by atoms with Crippen LogP contribution in [0.15, 0.2) is 164 Å². The molecule has 0 aromatic heterocycles. The second-order valence-electron chi connectivity index (χ2n) is 15.8. The van der Waals surface area contributed by atoms with Crippen LogP contribution in [-0.2, 0) is 5.41 Å². The molecule has 1 heteroatoms. The van der Waals surface area contributed by atoms with Crippen LogP contribution >= 0.6 is 0 Å². The molecule has 4 fully saturated rings. The average molecular weight is 656 g/mol. The standard InChI is InChI=1S/C50H41N/c1-2-8-35(9-3-1)37-14-16-38(17-15-37)39-18-21-43(22-19-39)51(44-23-20-36-10-4-5-11-40(36)31-44)45-24-25-49-47(32-45)46-12-6-7-13-48(46)50(49)41-27-33-26-34(29-41)30-42(50)28-33/h1-25,31-34,41-42H,26-30H2. The highest BCUT2D eigenvalue weighted by Crippen LogP contribution is 2.69. The van der Waals surface area contributed by atoms with Gasteiger partial charge >= 0.3 is 0 Å². The molecule has 0 atom stereocenters. The first kappa shape index (κ1) is 29.3. The third-order valence-corrected chi connectivity index (χ3v) is 13.2. The lowest BCUT2D eigenvalue weighted by molar-refractivity contribution is -0.0399. The Balaban J connectivity index is 1.02. The second kappa shape index (κ2) is 11.3. The number of nitrogens with zero attached hydrogens (tertiary/aromatic N) is 1. The molecule has 4 bridgehead atoms. The molecule has 7 aromatic carbocycles. The monoisotopic (exact) mass is 655 g/mol. The fourth-order valence-electron chi connectivity index (χ4n) is 11.3. The molecular formula is C50H41N. The predicted octanol–water partition coefficient (Wildman–Crippen LogP) is 13.4. The summed E-state index contributed by atoms with van der Waals surface area (Å²) in [7, 11) is 0. The molecule has 1 nitrogen and oxygen atoms in total. The highest BCUT2D eigenvalue weighted by Gasteiger charge is 2.61. The van der Waals surface area contributed by atoms with Crippen molar-refractivity contribution in [2.24, 2.45) is 23.7 Å². The Morgan fingerprint density at radius 2 is 0.882 bits per heavy atom. The molecule has 0 heterocycles. The van der Waals surface area contributed by atoms with Crippen LogP contribution in [-0.4, -0.2) is 0 Å². The van der Waals surface area contributed by atoms with E-state index < -0.39 is 0 Å². The zero-order valence-electron chi connectivity index (χ0n) is 28.9. The van der Waals surface area contributed by atoms with Gasteiger partial charge in [-0.05, 0) is 147 Å². The van der Waals surface area contributed by atoms with E-state index in [0.29, 0.717) is 0 Å². The largest absolute Gasteiger partial charge is 0.310 e. The molecule has 4 saturated carbocycles. The fraction of sp³-hybridized carbons (Fsp3) is 0.200. The van der Waals surface area contributed by atoms with E-state index in [1.54, 1.807) is 11.1 Å². The third-order valence-electron chi connectivity index (χ3n) is 13.2. The number of anilines is 3. The van der Waals surface area contributed by atoms with E-state index in [9.17, 15) is 0 Å². The Labute approximate surface area is 301 Å². The smallest absolute Gasteiger partial charge is 0.0468 e. The van der Waals surface area contributed by atoms with Gasteiger partial charge in [0.2, 0.25) is 0 Å². The van der Waals surface area contributed by atoms with Crippen LogP contribution in [0.2, 0.25) is 0 Å². The van der Waals surface area contributed by atoms with Crippen molar-refractivity contribution in [2.75, 3.05) is 4.90 Å². The topological polar surface area (TPSA) is 3.24 Å². The molecule has 0 radical (unpaired) electrons. The van der Waals surface area contributed by atoms with Crippen molar-refractivity contribution >= 4 is 27.8 Å². The van der Waals surface area contributed by atoms with Gasteiger partial charge in [-0.25, -0.2) is 0 Å². The van der Waals surface area contributed by atoms with E-state index in [-0.39, 0.29) is 5.41 Å². The lowest BCUT2D eigenvalue weighted by Crippen LogP contribution is -2.55. The normalized spacial score (nSPS) is 23.8. The van der Waals surface area contributed by atoms with E-state index in [4.69, 9.17) is 0 Å². The van der Waals surface area contributed by atoms with E-state index in [0.717, 1.165) is 23.7 Å². The summed E-state index contributed by atoms with van der Waals surface area (Å²) >= 11 is 0. The summed E-state index contributed by atoms with van der Waals surface area (Å²) < 4.78 is 0. The van der Waals surface area contributed by atoms with Gasteiger partial charge in [0.25, 0.3) is 0 Å². The van der Waals surface area contributed by atoms with Crippen LogP contribution in [0.25, 0.3) is 44.2 Å². The van der Waals surface area contributed by atoms with Crippen LogP contribution in [0.5, 0.6) is 0 Å². The molecule has 0 N–H and O–H groups in total. The van der Waals surface area contributed by atoms with Crippen molar-refractivity contribution in [3.63, 3.8) is 0 Å². The van der Waals surface area contributed by atoms with Crippen molar-refractivity contribution in [3.05, 3.63) is 175 Å². The summed E-state index contributed by atoms with van der Waals surface area (Å²) in [5, 5.41) is 2.52. The van der Waals surface area contributed by atoms with E-state index in [1.807, 2.05) is 0 Å². The molecule has 7 aromatic rings. The first-order chi connectivity index (χ1) is 25.2. The molecule has 246 valence electrons. The van der Waals surface area contributed by atoms with Gasteiger partial charge < -0.3 is 4.90 Å². The Bertz CT molecular complexity index is 2390. The number of fused-ring (bicyclic) bond motifs is 4. The minimum absolute atomic E-state index is 0.184. The Morgan fingerprint density at radius 1 is 0.373 bits per heavy atom. The summed E-state index contributed by atoms with van der Waals surface area (Å²) in [6.45, 7) is 0. The molecule has 0 amide bonds. The van der Waals surface area contributed by atoms with Gasteiger partial charge in [0.05, 0.1) is 0 Å². The molecule has 0 saturated heterocycles. The number of hydrogen-bond donors (Lipinski definition) is 0. The van der Waals surface area contributed by atoms with Gasteiger partial charge in [0, 0.05) is 22.5 Å². The lowest BCUT2D eigenvalue weighted by atomic mass is 9.43. The quantitative estimate of drug-likeness (QED) is 0.178. The van der Waals surface area contributed by atoms with Crippen molar-refractivity contribution in [2.45, 2.75) is 37.5 Å². The highest BCUT2D eigenvalue weighted by molar-refractivity contribution is 5.91. The Kier molecular flexibility index (Phi) is 6.50. The van der Waals surface area contributed by atoms with Gasteiger partial charge in [-0.15, -0.1) is 0 Å². The molecule has 0 unspecified atom stereocenters. The molecule has 1 spiro atoms. The first-order valence-electron chi connectivity index (χ1n) is 19.0. The summed E-state index contributed by atoms with van der Waals surface area (Å²) in [4.78, 5) is 2.47. The second-order valence-corrected chi connectivity index (χ2v) is 15.8. The molecule has 5 aliphatic carbocycles. The molecule has 0 aliphatic heterocycles. The average Bonchev–Trinajstić information content (AvgIpc) is 3.48. The van der Waals surface area contributed by atoms with E-state index >= 15 is 0 Å². The molecule has 51 heavy (non-hydrogen) atoms. The maximum Gasteiger partial charge on any atom is 0.0468 e. The summed E-state index contributed by atoms with van der Waals surface area (Å²) in [5.74, 6) is 3.43. The SMILES string of the molecule is c1ccc(-c2ccc(-c3ccc(N(c4ccc5c(c4)-c4ccccc4C54C5CC6CC(C5)CC4C6)c4ccc5ccccc5c4)cc3)cc2)cc1. The van der Waals surface area contributed by atoms with Gasteiger partial charge in [-0.3, -0.25) is 0 Å². The van der Waals surface area contributed by atoms with Gasteiger partial charge in [0.1, 0.15) is 0 Å². The Hall–Kier alpha value is -5.40. The minimum Gasteiger partial charge on any atom is -0.310 e. The Morgan fingerprint density at radius 3 is 1.59 bits per heavy atom. The highest BCUT2D eigenvalue weighted by atomic mass is 15.1. The maximum atomic E-state index is 2.55. The molecular weight excluding hydrogens is 615 g/mol. The van der Waals surface area contributed by atoms with Crippen LogP contribution < -0.4 is 4.90 Å². The lowest BCUT2D eigenvalue weighted by Gasteiger charge is -2.61. The van der Waals surface area contributed by atoms with E-state index in [1.165, 1.54) is 93.3 Å². The van der Waals surface area contributed by atoms with Crippen molar-refractivity contribution in [1.29, 1.82) is 0 Å².